The molecule has 0 fully saturated rings. The maximum atomic E-state index is 11.0. The van der Waals surface area contributed by atoms with Gasteiger partial charge in [0.1, 0.15) is 6.61 Å². The molecule has 0 radical (unpaired) electrons. The van der Waals surface area contributed by atoms with E-state index in [1.54, 1.807) is 31.2 Å². The molecule has 5 heteroatoms. The van der Waals surface area contributed by atoms with Gasteiger partial charge in [-0.05, 0) is 6.92 Å². The van der Waals surface area contributed by atoms with Crippen molar-refractivity contribution in [3.05, 3.63) is 35.9 Å². The summed E-state index contributed by atoms with van der Waals surface area (Å²) < 4.78 is 20.4. The SMILES string of the molecule is CCO[P+](=O)OC(O)c1ccccc1. The molecule has 1 N–H and O–H groups in total. The minimum atomic E-state index is -2.24. The molecular formula is C9H12O4P+. The highest BCUT2D eigenvalue weighted by Gasteiger charge is 2.25. The summed E-state index contributed by atoms with van der Waals surface area (Å²) in [4.78, 5) is 0. The van der Waals surface area contributed by atoms with Crippen molar-refractivity contribution in [2.24, 2.45) is 0 Å². The lowest BCUT2D eigenvalue weighted by Gasteiger charge is -2.02. The van der Waals surface area contributed by atoms with Crippen molar-refractivity contribution in [1.82, 2.24) is 0 Å². The van der Waals surface area contributed by atoms with Gasteiger partial charge in [-0.25, -0.2) is 0 Å². The first-order chi connectivity index (χ1) is 6.74. The number of aliphatic hydroxyl groups excluding tert-OH is 1. The van der Waals surface area contributed by atoms with Crippen LogP contribution in [-0.2, 0) is 13.6 Å². The van der Waals surface area contributed by atoms with Gasteiger partial charge in [0.2, 0.25) is 6.29 Å². The summed E-state index contributed by atoms with van der Waals surface area (Å²) in [6.07, 6.45) is -1.20. The molecule has 0 bridgehead atoms. The quantitative estimate of drug-likeness (QED) is 0.605. The Labute approximate surface area is 83.4 Å². The molecule has 1 rings (SSSR count). The zero-order chi connectivity index (χ0) is 10.4. The van der Waals surface area contributed by atoms with Crippen LogP contribution >= 0.6 is 8.25 Å². The molecule has 0 saturated heterocycles. The van der Waals surface area contributed by atoms with Crippen molar-refractivity contribution >= 4 is 8.25 Å². The Morgan fingerprint density at radius 3 is 2.64 bits per heavy atom. The molecule has 1 aromatic carbocycles. The van der Waals surface area contributed by atoms with Crippen molar-refractivity contribution < 1.29 is 18.7 Å². The average Bonchev–Trinajstić information content (AvgIpc) is 2.19. The first-order valence-electron chi connectivity index (χ1n) is 4.24. The van der Waals surface area contributed by atoms with E-state index in [9.17, 15) is 9.67 Å². The normalized spacial score (nSPS) is 13.7. The Balaban J connectivity index is 2.50. The van der Waals surface area contributed by atoms with Gasteiger partial charge in [-0.15, -0.1) is 4.52 Å². The number of aliphatic hydroxyl groups is 1. The van der Waals surface area contributed by atoms with E-state index in [2.05, 4.69) is 4.52 Å². The molecule has 0 aliphatic carbocycles. The molecule has 76 valence electrons. The fourth-order valence-corrected chi connectivity index (χ4v) is 1.45. The lowest BCUT2D eigenvalue weighted by molar-refractivity contribution is -0.0242. The van der Waals surface area contributed by atoms with Crippen LogP contribution in [0.15, 0.2) is 30.3 Å². The largest absolute Gasteiger partial charge is 0.700 e. The molecule has 2 unspecified atom stereocenters. The zero-order valence-corrected chi connectivity index (χ0v) is 8.68. The summed E-state index contributed by atoms with van der Waals surface area (Å²) in [7, 11) is -2.24. The van der Waals surface area contributed by atoms with Crippen LogP contribution in [-0.4, -0.2) is 11.7 Å². The highest BCUT2D eigenvalue weighted by atomic mass is 31.1. The summed E-state index contributed by atoms with van der Waals surface area (Å²) in [6.45, 7) is 1.99. The maximum absolute atomic E-state index is 11.0. The predicted molar refractivity (Wildman–Crippen MR) is 51.7 cm³/mol. The van der Waals surface area contributed by atoms with Gasteiger partial charge in [0.15, 0.2) is 0 Å². The predicted octanol–water partition coefficient (Wildman–Crippen LogP) is 2.39. The van der Waals surface area contributed by atoms with Gasteiger partial charge in [-0.3, -0.25) is 0 Å². The summed E-state index contributed by atoms with van der Waals surface area (Å²) in [5.74, 6) is 0. The maximum Gasteiger partial charge on any atom is 0.700 e. The topological polar surface area (TPSA) is 55.8 Å². The van der Waals surface area contributed by atoms with Gasteiger partial charge in [0, 0.05) is 10.1 Å². The molecule has 0 aromatic heterocycles. The van der Waals surface area contributed by atoms with Gasteiger partial charge in [0.05, 0.1) is 0 Å². The van der Waals surface area contributed by atoms with E-state index in [-0.39, 0.29) is 6.61 Å². The number of benzene rings is 1. The van der Waals surface area contributed by atoms with Crippen molar-refractivity contribution in [2.75, 3.05) is 6.61 Å². The van der Waals surface area contributed by atoms with Crippen molar-refractivity contribution in [1.29, 1.82) is 0 Å². The van der Waals surface area contributed by atoms with Gasteiger partial charge in [-0.2, -0.15) is 0 Å². The minimum absolute atomic E-state index is 0.288. The van der Waals surface area contributed by atoms with Gasteiger partial charge in [-0.1, -0.05) is 34.9 Å². The van der Waals surface area contributed by atoms with Crippen LogP contribution in [0.3, 0.4) is 0 Å². The van der Waals surface area contributed by atoms with Crippen LogP contribution in [0.2, 0.25) is 0 Å². The Morgan fingerprint density at radius 2 is 2.07 bits per heavy atom. The molecule has 0 aliphatic rings. The first kappa shape index (κ1) is 11.3. The molecule has 0 spiro atoms. The van der Waals surface area contributed by atoms with E-state index < -0.39 is 14.5 Å². The van der Waals surface area contributed by atoms with Crippen LogP contribution in [0.4, 0.5) is 0 Å². The van der Waals surface area contributed by atoms with Gasteiger partial charge < -0.3 is 5.11 Å². The van der Waals surface area contributed by atoms with Crippen LogP contribution < -0.4 is 0 Å². The third-order valence-electron chi connectivity index (χ3n) is 1.51. The fraction of sp³-hybridized carbons (Fsp3) is 0.333. The second-order valence-electron chi connectivity index (χ2n) is 2.51. The van der Waals surface area contributed by atoms with Crippen molar-refractivity contribution in [3.63, 3.8) is 0 Å². The van der Waals surface area contributed by atoms with Crippen LogP contribution in [0, 0.1) is 0 Å². The summed E-state index contributed by atoms with van der Waals surface area (Å²) >= 11 is 0. The van der Waals surface area contributed by atoms with Crippen LogP contribution in [0.25, 0.3) is 0 Å². The third kappa shape index (κ3) is 3.52. The average molecular weight is 215 g/mol. The molecule has 0 amide bonds. The molecule has 14 heavy (non-hydrogen) atoms. The lowest BCUT2D eigenvalue weighted by atomic mass is 10.2. The van der Waals surface area contributed by atoms with E-state index in [4.69, 9.17) is 4.52 Å². The van der Waals surface area contributed by atoms with Gasteiger partial charge >= 0.3 is 8.25 Å². The Kier molecular flexibility index (Phi) is 4.70. The molecule has 0 saturated carbocycles. The smallest absolute Gasteiger partial charge is 0.361 e. The Bertz CT molecular complexity index is 288. The number of rotatable bonds is 5. The standard InChI is InChI=1S/C9H12O4P/c1-2-12-14(11)13-9(10)8-6-4-3-5-7-8/h3-7,9-10H,2H2,1H3/q+1. The summed E-state index contributed by atoms with van der Waals surface area (Å²) in [6, 6.07) is 8.70. The number of hydrogen-bond acceptors (Lipinski definition) is 4. The lowest BCUT2D eigenvalue weighted by Crippen LogP contribution is -1.98. The second kappa shape index (κ2) is 5.83. The van der Waals surface area contributed by atoms with E-state index in [1.165, 1.54) is 0 Å². The van der Waals surface area contributed by atoms with Crippen LogP contribution in [0.5, 0.6) is 0 Å². The van der Waals surface area contributed by atoms with Crippen LogP contribution in [0.1, 0.15) is 18.8 Å². The Morgan fingerprint density at radius 1 is 1.43 bits per heavy atom. The van der Waals surface area contributed by atoms with Gasteiger partial charge in [0.25, 0.3) is 0 Å². The molecular weight excluding hydrogens is 203 g/mol. The summed E-state index contributed by atoms with van der Waals surface area (Å²) in [5.41, 5.74) is 0.551. The highest BCUT2D eigenvalue weighted by Crippen LogP contribution is 2.31. The molecule has 0 heterocycles. The minimum Gasteiger partial charge on any atom is -0.361 e. The second-order valence-corrected chi connectivity index (χ2v) is 3.43. The molecule has 4 nitrogen and oxygen atoms in total. The third-order valence-corrected chi connectivity index (χ3v) is 2.35. The van der Waals surface area contributed by atoms with Crippen molar-refractivity contribution in [3.8, 4) is 0 Å². The van der Waals surface area contributed by atoms with E-state index >= 15 is 0 Å². The van der Waals surface area contributed by atoms with Crippen molar-refractivity contribution in [2.45, 2.75) is 13.2 Å². The molecule has 2 atom stereocenters. The van der Waals surface area contributed by atoms with E-state index in [0.717, 1.165) is 0 Å². The number of hydrogen-bond donors (Lipinski definition) is 1. The summed E-state index contributed by atoms with van der Waals surface area (Å²) in [5, 5.41) is 9.43. The fourth-order valence-electron chi connectivity index (χ4n) is 0.896. The Hall–Kier alpha value is -0.800. The monoisotopic (exact) mass is 215 g/mol. The molecule has 0 aliphatic heterocycles. The first-order valence-corrected chi connectivity index (χ1v) is 5.33. The van der Waals surface area contributed by atoms with E-state index in [1.807, 2.05) is 6.07 Å². The van der Waals surface area contributed by atoms with E-state index in [0.29, 0.717) is 5.56 Å². The molecule has 1 aromatic rings. The highest BCUT2D eigenvalue weighted by molar-refractivity contribution is 7.33. The zero-order valence-electron chi connectivity index (χ0n) is 7.79.